The molecule has 0 spiro atoms. The molecule has 6 heterocycles. The lowest BCUT2D eigenvalue weighted by Gasteiger charge is -2.15. The normalized spacial score (nSPS) is 12.3. The highest BCUT2D eigenvalue weighted by atomic mass is 15.1. The maximum absolute atomic E-state index is 4.94. The maximum Gasteiger partial charge on any atom is 0.0963 e. The number of nitrogens with one attached hydrogen (secondary N) is 1. The molecular weight excluding hydrogens is 685 g/mol. The second-order valence-electron chi connectivity index (χ2n) is 14.1. The van der Waals surface area contributed by atoms with Gasteiger partial charge in [0.05, 0.1) is 44.8 Å². The standard InChI is InChI=1S/C50H34N6/c1-3-16-39(43-18-5-7-26-51-43)37(14-1)33-22-24-45-41(30-33)49-47(20-10-28-53-49)55(45)35-12-9-13-36(32-35)56-46-25-23-34(31-42(46)50-48(56)21-11-29-54-50)38-15-2-4-17-40(38)44-19-6-8-27-52-44/h1-28,30-32,54H,29H2. The highest BCUT2D eigenvalue weighted by Gasteiger charge is 2.21. The topological polar surface area (TPSA) is 60.6 Å². The number of hydrogen-bond acceptors (Lipinski definition) is 4. The van der Waals surface area contributed by atoms with Crippen LogP contribution in [0.3, 0.4) is 0 Å². The van der Waals surface area contributed by atoms with Crippen molar-refractivity contribution in [2.24, 2.45) is 0 Å². The molecule has 1 aliphatic heterocycles. The Labute approximate surface area is 323 Å². The van der Waals surface area contributed by atoms with E-state index in [9.17, 15) is 0 Å². The van der Waals surface area contributed by atoms with Gasteiger partial charge in [0.1, 0.15) is 0 Å². The molecule has 0 aliphatic carbocycles. The van der Waals surface area contributed by atoms with Crippen LogP contribution in [0.25, 0.3) is 95.1 Å². The van der Waals surface area contributed by atoms with Crippen molar-refractivity contribution in [2.45, 2.75) is 0 Å². The summed E-state index contributed by atoms with van der Waals surface area (Å²) < 4.78 is 4.72. The molecule has 5 aromatic carbocycles. The number of fused-ring (bicyclic) bond motifs is 6. The lowest BCUT2D eigenvalue weighted by Crippen LogP contribution is -2.06. The van der Waals surface area contributed by atoms with E-state index in [4.69, 9.17) is 4.98 Å². The summed E-state index contributed by atoms with van der Waals surface area (Å²) in [4.78, 5) is 14.3. The molecule has 0 atom stereocenters. The SMILES string of the molecule is C1=Cc2c(c3cc(-c4ccccc4-c4ccccn4)ccc3n2-c2cccc(-n3c4ccc(-c5ccccc5-c5ccccn5)cc4c4ncccc43)c2)NC1. The summed E-state index contributed by atoms with van der Waals surface area (Å²) in [5.74, 6) is 0. The van der Waals surface area contributed by atoms with Crippen molar-refractivity contribution < 1.29 is 0 Å². The lowest BCUT2D eigenvalue weighted by molar-refractivity contribution is 1.08. The highest BCUT2D eigenvalue weighted by Crippen LogP contribution is 2.42. The average molecular weight is 719 g/mol. The molecule has 0 fully saturated rings. The van der Waals surface area contributed by atoms with Crippen LogP contribution < -0.4 is 5.32 Å². The predicted molar refractivity (Wildman–Crippen MR) is 230 cm³/mol. The molecule has 5 aromatic heterocycles. The third kappa shape index (κ3) is 5.15. The van der Waals surface area contributed by atoms with E-state index >= 15 is 0 Å². The average Bonchev–Trinajstić information content (AvgIpc) is 3.79. The van der Waals surface area contributed by atoms with Crippen LogP contribution in [0.2, 0.25) is 0 Å². The summed E-state index contributed by atoms with van der Waals surface area (Å²) >= 11 is 0. The molecule has 6 heteroatoms. The summed E-state index contributed by atoms with van der Waals surface area (Å²) in [5.41, 5.74) is 17.4. The zero-order chi connectivity index (χ0) is 37.0. The molecule has 1 N–H and O–H groups in total. The van der Waals surface area contributed by atoms with Gasteiger partial charge in [0.25, 0.3) is 0 Å². The van der Waals surface area contributed by atoms with Crippen molar-refractivity contribution in [1.29, 1.82) is 0 Å². The first kappa shape index (κ1) is 31.9. The fourth-order valence-corrected chi connectivity index (χ4v) is 8.44. The van der Waals surface area contributed by atoms with Crippen molar-refractivity contribution >= 4 is 44.6 Å². The van der Waals surface area contributed by atoms with Crippen LogP contribution in [-0.2, 0) is 0 Å². The van der Waals surface area contributed by atoms with Gasteiger partial charge < -0.3 is 14.5 Å². The zero-order valence-corrected chi connectivity index (χ0v) is 30.3. The largest absolute Gasteiger partial charge is 0.379 e. The van der Waals surface area contributed by atoms with E-state index in [1.54, 1.807) is 0 Å². The summed E-state index contributed by atoms with van der Waals surface area (Å²) in [5, 5.41) is 6.00. The molecule has 0 saturated heterocycles. The summed E-state index contributed by atoms with van der Waals surface area (Å²) in [7, 11) is 0. The van der Waals surface area contributed by atoms with Gasteiger partial charge in [-0.2, -0.15) is 0 Å². The van der Waals surface area contributed by atoms with Crippen LogP contribution in [0.1, 0.15) is 5.69 Å². The van der Waals surface area contributed by atoms with Crippen LogP contribution in [0.4, 0.5) is 5.69 Å². The number of anilines is 1. The molecule has 0 bridgehead atoms. The van der Waals surface area contributed by atoms with Crippen molar-refractivity contribution in [2.75, 3.05) is 11.9 Å². The van der Waals surface area contributed by atoms with Crippen LogP contribution in [-0.4, -0.2) is 30.6 Å². The molecule has 1 aliphatic rings. The number of hydrogen-bond donors (Lipinski definition) is 1. The first-order valence-corrected chi connectivity index (χ1v) is 18.9. The molecule has 56 heavy (non-hydrogen) atoms. The Bertz CT molecular complexity index is 3140. The van der Waals surface area contributed by atoms with Gasteiger partial charge in [-0.15, -0.1) is 0 Å². The fourth-order valence-electron chi connectivity index (χ4n) is 8.44. The minimum atomic E-state index is 0.781. The van der Waals surface area contributed by atoms with Crippen molar-refractivity contribution in [3.63, 3.8) is 0 Å². The molecule has 10 aromatic rings. The van der Waals surface area contributed by atoms with Crippen molar-refractivity contribution in [1.82, 2.24) is 24.1 Å². The number of benzene rings is 5. The Morgan fingerprint density at radius 2 is 1.04 bits per heavy atom. The monoisotopic (exact) mass is 718 g/mol. The number of pyridine rings is 3. The molecule has 6 nitrogen and oxygen atoms in total. The number of nitrogens with zero attached hydrogens (tertiary/aromatic N) is 5. The lowest BCUT2D eigenvalue weighted by atomic mass is 9.96. The molecule has 0 unspecified atom stereocenters. The van der Waals surface area contributed by atoms with E-state index in [1.165, 1.54) is 5.39 Å². The Morgan fingerprint density at radius 3 is 1.70 bits per heavy atom. The smallest absolute Gasteiger partial charge is 0.0963 e. The van der Waals surface area contributed by atoms with Crippen molar-refractivity contribution in [3.8, 4) is 56.1 Å². The van der Waals surface area contributed by atoms with E-state index in [1.807, 2.05) is 48.9 Å². The van der Waals surface area contributed by atoms with Gasteiger partial charge in [-0.3, -0.25) is 15.0 Å². The van der Waals surface area contributed by atoms with Crippen LogP contribution in [0.5, 0.6) is 0 Å². The minimum absolute atomic E-state index is 0.781. The van der Waals surface area contributed by atoms with E-state index in [0.717, 1.165) is 102 Å². The van der Waals surface area contributed by atoms with Crippen LogP contribution in [0.15, 0.2) is 182 Å². The molecule has 0 saturated carbocycles. The second kappa shape index (κ2) is 13.1. The third-order valence-electron chi connectivity index (χ3n) is 10.9. The van der Waals surface area contributed by atoms with Gasteiger partial charge in [-0.25, -0.2) is 0 Å². The first-order valence-electron chi connectivity index (χ1n) is 18.9. The summed E-state index contributed by atoms with van der Waals surface area (Å²) in [6, 6.07) is 55.7. The molecule has 0 radical (unpaired) electrons. The Hall–Kier alpha value is -7.57. The summed E-state index contributed by atoms with van der Waals surface area (Å²) in [6.07, 6.45) is 10.0. The number of rotatable bonds is 6. The maximum atomic E-state index is 4.94. The number of aromatic nitrogens is 5. The van der Waals surface area contributed by atoms with Gasteiger partial charge in [0.2, 0.25) is 0 Å². The van der Waals surface area contributed by atoms with E-state index < -0.39 is 0 Å². The molecular formula is C50H34N6. The van der Waals surface area contributed by atoms with Crippen molar-refractivity contribution in [3.05, 3.63) is 188 Å². The molecule has 264 valence electrons. The quantitative estimate of drug-likeness (QED) is 0.186. The third-order valence-corrected chi connectivity index (χ3v) is 10.9. The van der Waals surface area contributed by atoms with Gasteiger partial charge in [-0.05, 0) is 107 Å². The Balaban J connectivity index is 1.06. The van der Waals surface area contributed by atoms with E-state index in [0.29, 0.717) is 0 Å². The Kier molecular flexibility index (Phi) is 7.45. The van der Waals surface area contributed by atoms with Gasteiger partial charge >= 0.3 is 0 Å². The predicted octanol–water partition coefficient (Wildman–Crippen LogP) is 12.0. The molecule has 0 amide bonds. The first-order chi connectivity index (χ1) is 27.8. The van der Waals surface area contributed by atoms with Gasteiger partial charge in [0, 0.05) is 58.4 Å². The van der Waals surface area contributed by atoms with Gasteiger partial charge in [0.15, 0.2) is 0 Å². The van der Waals surface area contributed by atoms with Gasteiger partial charge in [-0.1, -0.05) is 84.9 Å². The van der Waals surface area contributed by atoms with E-state index in [2.05, 4.69) is 164 Å². The van der Waals surface area contributed by atoms with Crippen LogP contribution >= 0.6 is 0 Å². The van der Waals surface area contributed by atoms with E-state index in [-0.39, 0.29) is 0 Å². The Morgan fingerprint density at radius 1 is 0.446 bits per heavy atom. The zero-order valence-electron chi connectivity index (χ0n) is 30.3. The molecule has 11 rings (SSSR count). The van der Waals surface area contributed by atoms with Crippen LogP contribution in [0, 0.1) is 0 Å². The fraction of sp³-hybridized carbons (Fsp3) is 0.0200. The highest BCUT2D eigenvalue weighted by molar-refractivity contribution is 6.09. The minimum Gasteiger partial charge on any atom is -0.379 e. The summed E-state index contributed by atoms with van der Waals surface area (Å²) in [6.45, 7) is 0.781. The second-order valence-corrected chi connectivity index (χ2v) is 14.1.